The quantitative estimate of drug-likeness (QED) is 0.798. The molecular weight excluding hydrogens is 299 g/mol. The number of thiazole rings is 1. The lowest BCUT2D eigenvalue weighted by Gasteiger charge is -2.08. The molecule has 2 heterocycles. The molecule has 0 aliphatic rings. The average Bonchev–Trinajstić information content (AvgIpc) is 3.08. The van der Waals surface area contributed by atoms with E-state index in [1.807, 2.05) is 6.07 Å². The van der Waals surface area contributed by atoms with Crippen LogP contribution < -0.4 is 5.32 Å². The molecule has 0 aliphatic carbocycles. The molecule has 0 fully saturated rings. The van der Waals surface area contributed by atoms with Gasteiger partial charge in [-0.15, -0.1) is 11.3 Å². The fourth-order valence-electron chi connectivity index (χ4n) is 1.77. The first-order valence-electron chi connectivity index (χ1n) is 5.86. The van der Waals surface area contributed by atoms with Crippen molar-refractivity contribution in [3.8, 4) is 5.69 Å². The maximum Gasteiger partial charge on any atom is 0.183 e. The Balaban J connectivity index is 1.74. The smallest absolute Gasteiger partial charge is 0.183 e. The molecule has 20 heavy (non-hydrogen) atoms. The molecule has 0 atom stereocenters. The predicted molar refractivity (Wildman–Crippen MR) is 78.0 cm³/mol. The van der Waals surface area contributed by atoms with Crippen molar-refractivity contribution in [2.24, 2.45) is 0 Å². The maximum absolute atomic E-state index is 14.0. The van der Waals surface area contributed by atoms with Gasteiger partial charge in [0, 0.05) is 29.2 Å². The minimum atomic E-state index is -0.332. The highest BCUT2D eigenvalue weighted by atomic mass is 35.5. The predicted octanol–water partition coefficient (Wildman–Crippen LogP) is 3.73. The Kier molecular flexibility index (Phi) is 3.66. The summed E-state index contributed by atoms with van der Waals surface area (Å²) in [5.74, 6) is -0.332. The second kappa shape index (κ2) is 5.60. The fraction of sp³-hybridized carbons (Fsp3) is 0.0769. The van der Waals surface area contributed by atoms with E-state index >= 15 is 0 Å². The van der Waals surface area contributed by atoms with Crippen molar-refractivity contribution in [2.45, 2.75) is 6.54 Å². The summed E-state index contributed by atoms with van der Waals surface area (Å²) in [5.41, 5.74) is 1.12. The Labute approximate surface area is 123 Å². The van der Waals surface area contributed by atoms with Crippen LogP contribution in [0.1, 0.15) is 4.88 Å². The number of nitrogens with zero attached hydrogens (tertiary/aromatic N) is 3. The van der Waals surface area contributed by atoms with Crippen LogP contribution in [0.3, 0.4) is 0 Å². The van der Waals surface area contributed by atoms with E-state index in [-0.39, 0.29) is 5.82 Å². The molecule has 0 radical (unpaired) electrons. The third-order valence-electron chi connectivity index (χ3n) is 2.69. The SMILES string of the molecule is Fc1cc(NCc2cnc(Cl)s2)ccc1-n1cccn1. The van der Waals surface area contributed by atoms with E-state index < -0.39 is 0 Å². The average molecular weight is 309 g/mol. The first-order valence-corrected chi connectivity index (χ1v) is 7.05. The van der Waals surface area contributed by atoms with E-state index in [1.165, 1.54) is 22.1 Å². The van der Waals surface area contributed by atoms with Gasteiger partial charge in [0.15, 0.2) is 10.3 Å². The number of aromatic nitrogens is 3. The van der Waals surface area contributed by atoms with Crippen molar-refractivity contribution in [1.29, 1.82) is 0 Å². The lowest BCUT2D eigenvalue weighted by molar-refractivity contribution is 0.611. The van der Waals surface area contributed by atoms with Crippen LogP contribution in [0.15, 0.2) is 42.9 Å². The Morgan fingerprint density at radius 1 is 1.40 bits per heavy atom. The normalized spacial score (nSPS) is 10.7. The van der Waals surface area contributed by atoms with Gasteiger partial charge in [0.25, 0.3) is 0 Å². The Hall–Kier alpha value is -1.92. The zero-order chi connectivity index (χ0) is 13.9. The van der Waals surface area contributed by atoms with Crippen LogP contribution in [-0.2, 0) is 6.54 Å². The molecule has 0 saturated carbocycles. The van der Waals surface area contributed by atoms with Crippen LogP contribution >= 0.6 is 22.9 Å². The third-order valence-corrected chi connectivity index (χ3v) is 3.81. The molecule has 0 amide bonds. The third kappa shape index (κ3) is 2.81. The molecule has 0 bridgehead atoms. The lowest BCUT2D eigenvalue weighted by atomic mass is 10.2. The van der Waals surface area contributed by atoms with E-state index in [1.54, 1.807) is 30.7 Å². The molecule has 1 aromatic carbocycles. The van der Waals surface area contributed by atoms with Crippen LogP contribution in [0.4, 0.5) is 10.1 Å². The van der Waals surface area contributed by atoms with Gasteiger partial charge in [-0.25, -0.2) is 14.1 Å². The number of halogens is 2. The highest BCUT2D eigenvalue weighted by molar-refractivity contribution is 7.15. The summed E-state index contributed by atoms with van der Waals surface area (Å²) in [6.45, 7) is 0.560. The van der Waals surface area contributed by atoms with Crippen LogP contribution in [0.2, 0.25) is 4.47 Å². The fourth-order valence-corrected chi connectivity index (χ4v) is 2.69. The highest BCUT2D eigenvalue weighted by Crippen LogP contribution is 2.21. The van der Waals surface area contributed by atoms with Gasteiger partial charge in [-0.3, -0.25) is 0 Å². The number of anilines is 1. The second-order valence-corrected chi connectivity index (χ2v) is 5.75. The Morgan fingerprint density at radius 2 is 2.30 bits per heavy atom. The topological polar surface area (TPSA) is 42.7 Å². The molecule has 1 N–H and O–H groups in total. The van der Waals surface area contributed by atoms with Crippen molar-refractivity contribution in [3.63, 3.8) is 0 Å². The molecular formula is C13H10ClFN4S. The summed E-state index contributed by atoms with van der Waals surface area (Å²) < 4.78 is 16.0. The van der Waals surface area contributed by atoms with E-state index in [2.05, 4.69) is 15.4 Å². The summed E-state index contributed by atoms with van der Waals surface area (Å²) in [5, 5.41) is 7.14. The van der Waals surface area contributed by atoms with E-state index in [9.17, 15) is 4.39 Å². The number of benzene rings is 1. The second-order valence-electron chi connectivity index (χ2n) is 4.05. The first-order chi connectivity index (χ1) is 9.72. The molecule has 7 heteroatoms. The minimum absolute atomic E-state index is 0.332. The van der Waals surface area contributed by atoms with Crippen LogP contribution in [-0.4, -0.2) is 14.8 Å². The summed E-state index contributed by atoms with van der Waals surface area (Å²) in [6.07, 6.45) is 5.01. The number of hydrogen-bond acceptors (Lipinski definition) is 4. The van der Waals surface area contributed by atoms with Crippen LogP contribution in [0.5, 0.6) is 0 Å². The zero-order valence-corrected chi connectivity index (χ0v) is 11.8. The van der Waals surface area contributed by atoms with Gasteiger partial charge in [0.1, 0.15) is 5.69 Å². The van der Waals surface area contributed by atoms with Crippen molar-refractivity contribution in [2.75, 3.05) is 5.32 Å². The monoisotopic (exact) mass is 308 g/mol. The molecule has 102 valence electrons. The molecule has 0 saturated heterocycles. The summed E-state index contributed by atoms with van der Waals surface area (Å²) >= 11 is 7.15. The molecule has 0 unspecified atom stereocenters. The molecule has 0 spiro atoms. The first kappa shape index (κ1) is 13.1. The zero-order valence-electron chi connectivity index (χ0n) is 10.3. The van der Waals surface area contributed by atoms with E-state index in [4.69, 9.17) is 11.6 Å². The largest absolute Gasteiger partial charge is 0.380 e. The van der Waals surface area contributed by atoms with Gasteiger partial charge in [-0.1, -0.05) is 11.6 Å². The standard InChI is InChI=1S/C13H10ClFN4S/c14-13-17-8-10(20-13)7-16-9-2-3-12(11(15)6-9)19-5-1-4-18-19/h1-6,8,16H,7H2. The maximum atomic E-state index is 14.0. The van der Waals surface area contributed by atoms with Crippen molar-refractivity contribution in [1.82, 2.24) is 14.8 Å². The van der Waals surface area contributed by atoms with E-state index in [0.717, 1.165) is 4.88 Å². The molecule has 2 aromatic heterocycles. The van der Waals surface area contributed by atoms with Gasteiger partial charge in [-0.05, 0) is 24.3 Å². The molecule has 4 nitrogen and oxygen atoms in total. The number of nitrogens with one attached hydrogen (secondary N) is 1. The van der Waals surface area contributed by atoms with Gasteiger partial charge in [-0.2, -0.15) is 5.10 Å². The number of hydrogen-bond donors (Lipinski definition) is 1. The summed E-state index contributed by atoms with van der Waals surface area (Å²) in [4.78, 5) is 4.94. The Morgan fingerprint density at radius 3 is 2.95 bits per heavy atom. The van der Waals surface area contributed by atoms with Crippen molar-refractivity contribution < 1.29 is 4.39 Å². The molecule has 3 rings (SSSR count). The van der Waals surface area contributed by atoms with Crippen molar-refractivity contribution in [3.05, 3.63) is 58.0 Å². The highest BCUT2D eigenvalue weighted by Gasteiger charge is 2.06. The molecule has 0 aliphatic heterocycles. The van der Waals surface area contributed by atoms with Crippen LogP contribution in [0, 0.1) is 5.82 Å². The summed E-state index contributed by atoms with van der Waals surface area (Å²) in [6, 6.07) is 6.69. The molecule has 3 aromatic rings. The minimum Gasteiger partial charge on any atom is -0.380 e. The Bertz CT molecular complexity index is 711. The van der Waals surface area contributed by atoms with Gasteiger partial charge in [0.2, 0.25) is 0 Å². The van der Waals surface area contributed by atoms with Gasteiger partial charge >= 0.3 is 0 Å². The lowest BCUT2D eigenvalue weighted by Crippen LogP contribution is -2.01. The van der Waals surface area contributed by atoms with Crippen molar-refractivity contribution >= 4 is 28.6 Å². The summed E-state index contributed by atoms with van der Waals surface area (Å²) in [7, 11) is 0. The van der Waals surface area contributed by atoms with Crippen LogP contribution in [0.25, 0.3) is 5.69 Å². The number of rotatable bonds is 4. The van der Waals surface area contributed by atoms with E-state index in [0.29, 0.717) is 22.4 Å². The van der Waals surface area contributed by atoms with Gasteiger partial charge in [0.05, 0.1) is 6.54 Å². The van der Waals surface area contributed by atoms with Gasteiger partial charge < -0.3 is 5.32 Å².